The van der Waals surface area contributed by atoms with Crippen molar-refractivity contribution in [1.29, 1.82) is 0 Å². The van der Waals surface area contributed by atoms with E-state index in [1.54, 1.807) is 34.8 Å². The Morgan fingerprint density at radius 2 is 2.08 bits per heavy atom. The van der Waals surface area contributed by atoms with Gasteiger partial charge in [-0.25, -0.2) is 19.9 Å². The summed E-state index contributed by atoms with van der Waals surface area (Å²) in [6, 6.07) is 5.77. The van der Waals surface area contributed by atoms with Crippen molar-refractivity contribution in [3.05, 3.63) is 46.7 Å². The number of thiazole rings is 1. The van der Waals surface area contributed by atoms with Gasteiger partial charge in [0.1, 0.15) is 33.5 Å². The van der Waals surface area contributed by atoms with Gasteiger partial charge >= 0.3 is 0 Å². The van der Waals surface area contributed by atoms with Gasteiger partial charge in [0.15, 0.2) is 0 Å². The first kappa shape index (κ1) is 14.4. The van der Waals surface area contributed by atoms with Crippen LogP contribution in [0.3, 0.4) is 0 Å². The number of hydrogen-bond acceptors (Lipinski definition) is 8. The first-order chi connectivity index (χ1) is 12.3. The largest absolute Gasteiger partial charge is 0.372 e. The summed E-state index contributed by atoms with van der Waals surface area (Å²) in [6.45, 7) is 0. The Balaban J connectivity index is 1.82. The Hall–Kier alpha value is -2.91. The Morgan fingerprint density at radius 3 is 2.96 bits per heavy atom. The van der Waals surface area contributed by atoms with Crippen molar-refractivity contribution < 1.29 is 0 Å². The second kappa shape index (κ2) is 5.30. The van der Waals surface area contributed by atoms with Gasteiger partial charge in [0, 0.05) is 7.05 Å². The number of nitrogens with one attached hydrogen (secondary N) is 1. The lowest BCUT2D eigenvalue weighted by atomic mass is 10.3. The topological polar surface area (TPSA) is 85.6 Å². The zero-order valence-electron chi connectivity index (χ0n) is 12.9. The normalized spacial score (nSPS) is 11.6. The molecule has 5 aromatic rings. The van der Waals surface area contributed by atoms with Crippen LogP contribution in [-0.2, 0) is 0 Å². The molecule has 0 saturated heterocycles. The molecule has 4 aromatic heterocycles. The Kier molecular flexibility index (Phi) is 3.06. The summed E-state index contributed by atoms with van der Waals surface area (Å²) < 4.78 is 3.19. The van der Waals surface area contributed by atoms with Gasteiger partial charge in [-0.2, -0.15) is 0 Å². The van der Waals surface area contributed by atoms with Crippen LogP contribution in [0.25, 0.3) is 36.3 Å². The van der Waals surface area contributed by atoms with E-state index in [9.17, 15) is 4.79 Å². The second-order valence-corrected chi connectivity index (χ2v) is 7.24. The maximum Gasteiger partial charge on any atom is 0.275 e. The van der Waals surface area contributed by atoms with E-state index in [-0.39, 0.29) is 5.56 Å². The molecular weight excluding hydrogens is 356 g/mol. The Labute approximate surface area is 148 Å². The SMILES string of the molecule is CNc1ncnc2sc3c(=O)n(-c4ccc5scnc5c4)cnc3c12. The van der Waals surface area contributed by atoms with Gasteiger partial charge in [-0.05, 0) is 18.2 Å². The molecule has 7 nitrogen and oxygen atoms in total. The molecule has 1 aromatic carbocycles. The van der Waals surface area contributed by atoms with Crippen molar-refractivity contribution in [2.24, 2.45) is 0 Å². The van der Waals surface area contributed by atoms with Gasteiger partial charge < -0.3 is 5.32 Å². The number of aromatic nitrogens is 5. The third-order valence-electron chi connectivity index (χ3n) is 4.01. The summed E-state index contributed by atoms with van der Waals surface area (Å²) in [6.07, 6.45) is 3.04. The summed E-state index contributed by atoms with van der Waals surface area (Å²) in [5.41, 5.74) is 3.91. The number of rotatable bonds is 2. The maximum atomic E-state index is 13.0. The lowest BCUT2D eigenvalue weighted by molar-refractivity contribution is 0.969. The van der Waals surface area contributed by atoms with Crippen LogP contribution in [0.15, 0.2) is 41.2 Å². The highest BCUT2D eigenvalue weighted by molar-refractivity contribution is 7.25. The predicted molar refractivity (Wildman–Crippen MR) is 101 cm³/mol. The Morgan fingerprint density at radius 1 is 1.16 bits per heavy atom. The zero-order chi connectivity index (χ0) is 17.0. The minimum absolute atomic E-state index is 0.121. The smallest absolute Gasteiger partial charge is 0.275 e. The third kappa shape index (κ3) is 2.06. The first-order valence-corrected chi connectivity index (χ1v) is 9.12. The third-order valence-corrected chi connectivity index (χ3v) is 5.89. The molecule has 0 spiro atoms. The molecule has 4 heterocycles. The van der Waals surface area contributed by atoms with E-state index in [1.807, 2.05) is 18.2 Å². The Bertz CT molecular complexity index is 1320. The van der Waals surface area contributed by atoms with Gasteiger partial charge in [-0.15, -0.1) is 22.7 Å². The minimum Gasteiger partial charge on any atom is -0.372 e. The van der Waals surface area contributed by atoms with Crippen molar-refractivity contribution in [2.75, 3.05) is 12.4 Å². The number of nitrogens with zero attached hydrogens (tertiary/aromatic N) is 5. The molecular formula is C16H10N6OS2. The average Bonchev–Trinajstić information content (AvgIpc) is 3.25. The van der Waals surface area contributed by atoms with E-state index in [1.165, 1.54) is 17.7 Å². The molecule has 0 aliphatic carbocycles. The van der Waals surface area contributed by atoms with E-state index in [0.29, 0.717) is 16.0 Å². The molecule has 0 saturated carbocycles. The van der Waals surface area contributed by atoms with Gasteiger partial charge in [-0.1, -0.05) is 0 Å². The fraction of sp³-hybridized carbons (Fsp3) is 0.0625. The summed E-state index contributed by atoms with van der Waals surface area (Å²) in [4.78, 5) is 31.1. The molecule has 5 rings (SSSR count). The van der Waals surface area contributed by atoms with Gasteiger partial charge in [0.05, 0.1) is 26.8 Å². The predicted octanol–water partition coefficient (Wildman–Crippen LogP) is 3.04. The van der Waals surface area contributed by atoms with Crippen LogP contribution >= 0.6 is 22.7 Å². The van der Waals surface area contributed by atoms with Gasteiger partial charge in [0.25, 0.3) is 5.56 Å². The van der Waals surface area contributed by atoms with E-state index >= 15 is 0 Å². The van der Waals surface area contributed by atoms with Gasteiger partial charge in [0.2, 0.25) is 0 Å². The van der Waals surface area contributed by atoms with E-state index in [2.05, 4.69) is 25.3 Å². The number of thiophene rings is 1. The van der Waals surface area contributed by atoms with E-state index in [0.717, 1.165) is 26.1 Å². The molecule has 0 aliphatic heterocycles. The molecule has 1 N–H and O–H groups in total. The summed E-state index contributed by atoms with van der Waals surface area (Å²) in [5, 5.41) is 3.81. The lowest BCUT2D eigenvalue weighted by Crippen LogP contribution is -2.17. The molecule has 25 heavy (non-hydrogen) atoms. The molecule has 0 aliphatic rings. The lowest BCUT2D eigenvalue weighted by Gasteiger charge is -2.05. The molecule has 0 fully saturated rings. The monoisotopic (exact) mass is 366 g/mol. The second-order valence-electron chi connectivity index (χ2n) is 5.36. The maximum absolute atomic E-state index is 13.0. The summed E-state index contributed by atoms with van der Waals surface area (Å²) in [7, 11) is 1.79. The van der Waals surface area contributed by atoms with Crippen molar-refractivity contribution in [2.45, 2.75) is 0 Å². The molecule has 122 valence electrons. The quantitative estimate of drug-likeness (QED) is 0.517. The highest BCUT2D eigenvalue weighted by Crippen LogP contribution is 2.32. The van der Waals surface area contributed by atoms with Crippen LogP contribution in [0.2, 0.25) is 0 Å². The van der Waals surface area contributed by atoms with E-state index < -0.39 is 0 Å². The molecule has 0 unspecified atom stereocenters. The molecule has 0 atom stereocenters. The number of fused-ring (bicyclic) bond motifs is 4. The molecule has 9 heteroatoms. The van der Waals surface area contributed by atoms with Crippen LogP contribution in [0.4, 0.5) is 5.82 Å². The standard InChI is InChI=1S/C16H10N6OS2/c1-17-14-11-12-13(25-15(11)19-5-18-14)16(23)22(6-20-12)8-2-3-10-9(4-8)21-7-24-10/h2-7H,1H3,(H,17,18,19). The number of anilines is 1. The van der Waals surface area contributed by atoms with Crippen molar-refractivity contribution >= 4 is 59.1 Å². The van der Waals surface area contributed by atoms with Crippen LogP contribution in [-0.4, -0.2) is 31.6 Å². The minimum atomic E-state index is -0.121. The van der Waals surface area contributed by atoms with Crippen LogP contribution < -0.4 is 10.9 Å². The van der Waals surface area contributed by atoms with Crippen LogP contribution in [0.5, 0.6) is 0 Å². The molecule has 0 amide bonds. The van der Waals surface area contributed by atoms with Crippen LogP contribution in [0, 0.1) is 0 Å². The highest BCUT2D eigenvalue weighted by atomic mass is 32.1. The van der Waals surface area contributed by atoms with Crippen LogP contribution in [0.1, 0.15) is 0 Å². The number of hydrogen-bond donors (Lipinski definition) is 1. The molecule has 0 bridgehead atoms. The summed E-state index contributed by atoms with van der Waals surface area (Å²) in [5.74, 6) is 0.671. The van der Waals surface area contributed by atoms with Gasteiger partial charge in [-0.3, -0.25) is 9.36 Å². The van der Waals surface area contributed by atoms with E-state index in [4.69, 9.17) is 0 Å². The number of benzene rings is 1. The first-order valence-electron chi connectivity index (χ1n) is 7.42. The fourth-order valence-corrected chi connectivity index (χ4v) is 4.52. The van der Waals surface area contributed by atoms with Crippen molar-refractivity contribution in [3.63, 3.8) is 0 Å². The average molecular weight is 366 g/mol. The molecule has 0 radical (unpaired) electrons. The highest BCUT2D eigenvalue weighted by Gasteiger charge is 2.16. The zero-order valence-corrected chi connectivity index (χ0v) is 14.6. The van der Waals surface area contributed by atoms with Crippen molar-refractivity contribution in [3.8, 4) is 5.69 Å². The summed E-state index contributed by atoms with van der Waals surface area (Å²) >= 11 is 2.90. The fourth-order valence-electron chi connectivity index (χ4n) is 2.83. The van der Waals surface area contributed by atoms with Crippen molar-refractivity contribution in [1.82, 2.24) is 24.5 Å².